The normalized spacial score (nSPS) is 24.8. The first-order valence-corrected chi connectivity index (χ1v) is 6.60. The van der Waals surface area contributed by atoms with Gasteiger partial charge < -0.3 is 10.1 Å². The van der Waals surface area contributed by atoms with Crippen LogP contribution in [0.4, 0.5) is 0 Å². The Balaban J connectivity index is 2.10. The fourth-order valence-electron chi connectivity index (χ4n) is 2.41. The Morgan fingerprint density at radius 3 is 2.94 bits per heavy atom. The van der Waals surface area contributed by atoms with Gasteiger partial charge in [0.1, 0.15) is 0 Å². The van der Waals surface area contributed by atoms with Crippen LogP contribution in [0.15, 0.2) is 12.8 Å². The van der Waals surface area contributed by atoms with E-state index in [1.54, 1.807) is 0 Å². The van der Waals surface area contributed by atoms with Gasteiger partial charge in [-0.15, -0.1) is 0 Å². The summed E-state index contributed by atoms with van der Waals surface area (Å²) in [6.07, 6.45) is 9.37. The molecule has 1 fully saturated rings. The van der Waals surface area contributed by atoms with Gasteiger partial charge in [0.15, 0.2) is 0 Å². The molecule has 2 nitrogen and oxygen atoms in total. The van der Waals surface area contributed by atoms with E-state index in [4.69, 9.17) is 4.74 Å². The zero-order valence-corrected chi connectivity index (χ0v) is 10.9. The Labute approximate surface area is 100 Å². The Kier molecular flexibility index (Phi) is 5.89. The summed E-state index contributed by atoms with van der Waals surface area (Å²) in [6, 6.07) is 0.727. The van der Waals surface area contributed by atoms with Crippen LogP contribution in [0.5, 0.6) is 0 Å². The fourth-order valence-corrected chi connectivity index (χ4v) is 2.41. The van der Waals surface area contributed by atoms with Gasteiger partial charge in [0.05, 0.1) is 12.9 Å². The van der Waals surface area contributed by atoms with Crippen molar-refractivity contribution >= 4 is 0 Å². The van der Waals surface area contributed by atoms with Crippen molar-refractivity contribution in [2.24, 2.45) is 5.41 Å². The number of nitrogens with one attached hydrogen (secondary N) is 1. The maximum absolute atomic E-state index is 5.10. The fraction of sp³-hybridized carbons (Fsp3) is 0.857. The van der Waals surface area contributed by atoms with Crippen LogP contribution in [0.3, 0.4) is 0 Å². The lowest BCUT2D eigenvalue weighted by molar-refractivity contribution is 0.241. The number of ether oxygens (including phenoxy) is 1. The SMILES string of the molecule is C=COCCCNC1CCCC(C)(C)CC1. The van der Waals surface area contributed by atoms with Gasteiger partial charge in [-0.3, -0.25) is 0 Å². The molecule has 1 N–H and O–H groups in total. The van der Waals surface area contributed by atoms with Gasteiger partial charge in [-0.1, -0.05) is 26.8 Å². The van der Waals surface area contributed by atoms with E-state index in [-0.39, 0.29) is 0 Å². The van der Waals surface area contributed by atoms with Crippen LogP contribution in [0, 0.1) is 5.41 Å². The monoisotopic (exact) mass is 225 g/mol. The second kappa shape index (κ2) is 6.95. The lowest BCUT2D eigenvalue weighted by Crippen LogP contribution is -2.30. The smallest absolute Gasteiger partial charge is 0.0885 e. The first kappa shape index (κ1) is 13.6. The lowest BCUT2D eigenvalue weighted by Gasteiger charge is -2.22. The van der Waals surface area contributed by atoms with E-state index in [0.717, 1.165) is 25.6 Å². The zero-order chi connectivity index (χ0) is 11.9. The van der Waals surface area contributed by atoms with Crippen molar-refractivity contribution in [3.05, 3.63) is 12.8 Å². The van der Waals surface area contributed by atoms with Crippen LogP contribution in [0.2, 0.25) is 0 Å². The Morgan fingerprint density at radius 2 is 2.19 bits per heavy atom. The molecular formula is C14H27NO. The Hall–Kier alpha value is -0.500. The van der Waals surface area contributed by atoms with Crippen LogP contribution in [0.1, 0.15) is 52.4 Å². The molecule has 0 aromatic heterocycles. The standard InChI is InChI=1S/C14H27NO/c1-4-16-12-6-11-15-13-7-5-9-14(2,3)10-8-13/h4,13,15H,1,5-12H2,2-3H3. The third kappa shape index (κ3) is 5.55. The predicted octanol–water partition coefficient (Wildman–Crippen LogP) is 3.49. The van der Waals surface area contributed by atoms with E-state index in [9.17, 15) is 0 Å². The maximum Gasteiger partial charge on any atom is 0.0885 e. The molecule has 0 aromatic rings. The molecule has 16 heavy (non-hydrogen) atoms. The molecule has 1 rings (SSSR count). The van der Waals surface area contributed by atoms with Gasteiger partial charge in [-0.05, 0) is 44.1 Å². The molecule has 0 aliphatic heterocycles. The number of hydrogen-bond acceptors (Lipinski definition) is 2. The van der Waals surface area contributed by atoms with Gasteiger partial charge in [0, 0.05) is 6.04 Å². The van der Waals surface area contributed by atoms with Crippen molar-refractivity contribution in [1.82, 2.24) is 5.32 Å². The zero-order valence-electron chi connectivity index (χ0n) is 10.9. The summed E-state index contributed by atoms with van der Waals surface area (Å²) in [7, 11) is 0. The van der Waals surface area contributed by atoms with E-state index in [1.807, 2.05) is 0 Å². The van der Waals surface area contributed by atoms with E-state index < -0.39 is 0 Å². The van der Waals surface area contributed by atoms with Crippen LogP contribution in [-0.4, -0.2) is 19.2 Å². The maximum atomic E-state index is 5.10. The third-order valence-electron chi connectivity index (χ3n) is 3.57. The van der Waals surface area contributed by atoms with Crippen LogP contribution in [-0.2, 0) is 4.74 Å². The molecule has 0 heterocycles. The van der Waals surface area contributed by atoms with E-state index in [2.05, 4.69) is 25.7 Å². The molecule has 0 spiro atoms. The molecule has 1 saturated carbocycles. The van der Waals surface area contributed by atoms with Crippen molar-refractivity contribution in [3.8, 4) is 0 Å². The average Bonchev–Trinajstić information content (AvgIpc) is 2.40. The highest BCUT2D eigenvalue weighted by Crippen LogP contribution is 2.33. The van der Waals surface area contributed by atoms with Gasteiger partial charge >= 0.3 is 0 Å². The van der Waals surface area contributed by atoms with Gasteiger partial charge in [-0.2, -0.15) is 0 Å². The van der Waals surface area contributed by atoms with Gasteiger partial charge in [0.25, 0.3) is 0 Å². The Bertz CT molecular complexity index is 201. The molecule has 0 bridgehead atoms. The van der Waals surface area contributed by atoms with Crippen molar-refractivity contribution in [2.45, 2.75) is 58.4 Å². The largest absolute Gasteiger partial charge is 0.502 e. The van der Waals surface area contributed by atoms with E-state index >= 15 is 0 Å². The summed E-state index contributed by atoms with van der Waals surface area (Å²) >= 11 is 0. The summed E-state index contributed by atoms with van der Waals surface area (Å²) in [4.78, 5) is 0. The molecule has 1 aliphatic rings. The van der Waals surface area contributed by atoms with Crippen molar-refractivity contribution in [1.29, 1.82) is 0 Å². The van der Waals surface area contributed by atoms with E-state index in [1.165, 1.54) is 38.4 Å². The lowest BCUT2D eigenvalue weighted by atomic mass is 9.85. The molecule has 0 amide bonds. The third-order valence-corrected chi connectivity index (χ3v) is 3.57. The summed E-state index contributed by atoms with van der Waals surface area (Å²) in [5.41, 5.74) is 0.558. The molecule has 2 heteroatoms. The minimum atomic E-state index is 0.558. The topological polar surface area (TPSA) is 21.3 Å². The highest BCUT2D eigenvalue weighted by molar-refractivity contribution is 4.79. The molecule has 0 saturated heterocycles. The average molecular weight is 225 g/mol. The Morgan fingerprint density at radius 1 is 1.38 bits per heavy atom. The van der Waals surface area contributed by atoms with Crippen molar-refractivity contribution in [2.75, 3.05) is 13.2 Å². The van der Waals surface area contributed by atoms with Gasteiger partial charge in [-0.25, -0.2) is 0 Å². The predicted molar refractivity (Wildman–Crippen MR) is 69.4 cm³/mol. The summed E-state index contributed by atoms with van der Waals surface area (Å²) in [5, 5.41) is 3.64. The second-order valence-corrected chi connectivity index (χ2v) is 5.64. The number of rotatable bonds is 6. The van der Waals surface area contributed by atoms with Crippen LogP contribution >= 0.6 is 0 Å². The first-order chi connectivity index (χ1) is 7.64. The molecule has 1 atom stereocenters. The molecular weight excluding hydrogens is 198 g/mol. The van der Waals surface area contributed by atoms with Crippen molar-refractivity contribution in [3.63, 3.8) is 0 Å². The summed E-state index contributed by atoms with van der Waals surface area (Å²) in [5.74, 6) is 0. The first-order valence-electron chi connectivity index (χ1n) is 6.60. The highest BCUT2D eigenvalue weighted by atomic mass is 16.5. The number of hydrogen-bond donors (Lipinski definition) is 1. The molecule has 0 radical (unpaired) electrons. The molecule has 1 unspecified atom stereocenters. The quantitative estimate of drug-likeness (QED) is 0.424. The van der Waals surface area contributed by atoms with Crippen molar-refractivity contribution < 1.29 is 4.74 Å². The minimum Gasteiger partial charge on any atom is -0.502 e. The van der Waals surface area contributed by atoms with E-state index in [0.29, 0.717) is 5.41 Å². The van der Waals surface area contributed by atoms with Crippen LogP contribution in [0.25, 0.3) is 0 Å². The molecule has 0 aromatic carbocycles. The second-order valence-electron chi connectivity index (χ2n) is 5.64. The molecule has 1 aliphatic carbocycles. The molecule has 94 valence electrons. The van der Waals surface area contributed by atoms with Crippen LogP contribution < -0.4 is 5.32 Å². The van der Waals surface area contributed by atoms with Gasteiger partial charge in [0.2, 0.25) is 0 Å². The summed E-state index contributed by atoms with van der Waals surface area (Å²) in [6.45, 7) is 10.2. The minimum absolute atomic E-state index is 0.558. The highest BCUT2D eigenvalue weighted by Gasteiger charge is 2.23. The summed E-state index contributed by atoms with van der Waals surface area (Å²) < 4.78 is 5.10.